The van der Waals surface area contributed by atoms with Crippen LogP contribution in [-0.2, 0) is 10.5 Å². The molecule has 2 atom stereocenters. The molecule has 23 heavy (non-hydrogen) atoms. The van der Waals surface area contributed by atoms with E-state index in [9.17, 15) is 9.18 Å². The lowest BCUT2D eigenvalue weighted by Crippen LogP contribution is -2.36. The zero-order valence-electron chi connectivity index (χ0n) is 13.8. The Hall–Kier alpha value is -1.07. The summed E-state index contributed by atoms with van der Waals surface area (Å²) in [5, 5.41) is 6.38. The first-order valence-electron chi connectivity index (χ1n) is 8.45. The molecule has 1 aromatic rings. The van der Waals surface area contributed by atoms with E-state index in [2.05, 4.69) is 17.6 Å². The minimum absolute atomic E-state index is 0.134. The molecule has 1 aliphatic heterocycles. The molecule has 3 nitrogen and oxygen atoms in total. The largest absolute Gasteiger partial charge is 0.355 e. The SMILES string of the molecule is CC(CC(=O)NCCSCc1ccccc1F)C1CCCNC1. The van der Waals surface area contributed by atoms with Crippen LogP contribution in [0.2, 0.25) is 0 Å². The van der Waals surface area contributed by atoms with E-state index >= 15 is 0 Å². The zero-order chi connectivity index (χ0) is 16.5. The van der Waals surface area contributed by atoms with E-state index in [-0.39, 0.29) is 11.7 Å². The summed E-state index contributed by atoms with van der Waals surface area (Å²) in [6, 6.07) is 6.84. The summed E-state index contributed by atoms with van der Waals surface area (Å²) in [5.41, 5.74) is 0.724. The van der Waals surface area contributed by atoms with Crippen LogP contribution in [0.1, 0.15) is 31.7 Å². The molecule has 5 heteroatoms. The minimum Gasteiger partial charge on any atom is -0.355 e. The van der Waals surface area contributed by atoms with Crippen molar-refractivity contribution in [1.29, 1.82) is 0 Å². The summed E-state index contributed by atoms with van der Waals surface area (Å²) in [5.74, 6) is 2.47. The van der Waals surface area contributed by atoms with Crippen molar-refractivity contribution in [3.63, 3.8) is 0 Å². The third-order valence-corrected chi connectivity index (χ3v) is 5.44. The van der Waals surface area contributed by atoms with Crippen LogP contribution in [0.5, 0.6) is 0 Å². The smallest absolute Gasteiger partial charge is 0.220 e. The van der Waals surface area contributed by atoms with Crippen LogP contribution in [0.25, 0.3) is 0 Å². The summed E-state index contributed by atoms with van der Waals surface area (Å²) in [6.45, 7) is 4.96. The number of thioether (sulfide) groups is 1. The van der Waals surface area contributed by atoms with Gasteiger partial charge < -0.3 is 10.6 Å². The van der Waals surface area contributed by atoms with Gasteiger partial charge in [-0.1, -0.05) is 25.1 Å². The third-order valence-electron chi connectivity index (χ3n) is 4.43. The van der Waals surface area contributed by atoms with Crippen molar-refractivity contribution in [3.05, 3.63) is 35.6 Å². The fraction of sp³-hybridized carbons (Fsp3) is 0.611. The first kappa shape index (κ1) is 18.3. The van der Waals surface area contributed by atoms with Crippen molar-refractivity contribution in [2.45, 2.75) is 31.9 Å². The predicted octanol–water partition coefficient (Wildman–Crippen LogP) is 3.20. The molecule has 2 unspecified atom stereocenters. The summed E-state index contributed by atoms with van der Waals surface area (Å²) < 4.78 is 13.5. The molecule has 1 aliphatic rings. The number of amides is 1. The Labute approximate surface area is 142 Å². The van der Waals surface area contributed by atoms with Crippen LogP contribution in [0.3, 0.4) is 0 Å². The Morgan fingerprint density at radius 1 is 1.48 bits per heavy atom. The quantitative estimate of drug-likeness (QED) is 0.715. The van der Waals surface area contributed by atoms with Gasteiger partial charge in [0.25, 0.3) is 0 Å². The van der Waals surface area contributed by atoms with Crippen LogP contribution in [0.15, 0.2) is 24.3 Å². The Morgan fingerprint density at radius 2 is 2.30 bits per heavy atom. The van der Waals surface area contributed by atoms with Gasteiger partial charge in [0, 0.05) is 24.5 Å². The Morgan fingerprint density at radius 3 is 3.04 bits per heavy atom. The van der Waals surface area contributed by atoms with Crippen LogP contribution >= 0.6 is 11.8 Å². The molecule has 1 saturated heterocycles. The molecule has 1 amide bonds. The average Bonchev–Trinajstić information content (AvgIpc) is 2.57. The van der Waals surface area contributed by atoms with E-state index in [0.717, 1.165) is 24.4 Å². The van der Waals surface area contributed by atoms with Gasteiger partial charge in [-0.3, -0.25) is 4.79 Å². The molecule has 1 heterocycles. The van der Waals surface area contributed by atoms with Crippen molar-refractivity contribution in [2.75, 3.05) is 25.4 Å². The molecule has 128 valence electrons. The molecule has 0 radical (unpaired) electrons. The van der Waals surface area contributed by atoms with Gasteiger partial charge in [0.2, 0.25) is 5.91 Å². The summed E-state index contributed by atoms with van der Waals surface area (Å²) >= 11 is 1.64. The minimum atomic E-state index is -0.154. The van der Waals surface area contributed by atoms with E-state index < -0.39 is 0 Å². The van der Waals surface area contributed by atoms with Gasteiger partial charge in [-0.15, -0.1) is 0 Å². The van der Waals surface area contributed by atoms with E-state index in [0.29, 0.717) is 30.6 Å². The van der Waals surface area contributed by atoms with Crippen molar-refractivity contribution in [1.82, 2.24) is 10.6 Å². The number of halogens is 1. The predicted molar refractivity (Wildman–Crippen MR) is 94.9 cm³/mol. The van der Waals surface area contributed by atoms with Crippen molar-refractivity contribution < 1.29 is 9.18 Å². The van der Waals surface area contributed by atoms with Gasteiger partial charge in [0.1, 0.15) is 5.82 Å². The molecule has 2 N–H and O–H groups in total. The van der Waals surface area contributed by atoms with Gasteiger partial charge in [-0.05, 0) is 49.4 Å². The standard InChI is InChI=1S/C18H27FN2OS/c1-14(15-6-4-8-20-12-15)11-18(22)21-9-10-23-13-16-5-2-3-7-17(16)19/h2-3,5,7,14-15,20H,4,6,8-13H2,1H3,(H,21,22). The number of hydrogen-bond donors (Lipinski definition) is 2. The highest BCUT2D eigenvalue weighted by Crippen LogP contribution is 2.22. The number of hydrogen-bond acceptors (Lipinski definition) is 3. The lowest BCUT2D eigenvalue weighted by molar-refractivity contribution is -0.122. The maximum Gasteiger partial charge on any atom is 0.220 e. The van der Waals surface area contributed by atoms with Crippen LogP contribution in [-0.4, -0.2) is 31.3 Å². The van der Waals surface area contributed by atoms with E-state index in [4.69, 9.17) is 0 Å². The van der Waals surface area contributed by atoms with Gasteiger partial charge in [-0.25, -0.2) is 4.39 Å². The van der Waals surface area contributed by atoms with Gasteiger partial charge in [0.05, 0.1) is 0 Å². The zero-order valence-corrected chi connectivity index (χ0v) is 14.6. The maximum absolute atomic E-state index is 13.5. The fourth-order valence-corrected chi connectivity index (χ4v) is 3.80. The second-order valence-electron chi connectivity index (χ2n) is 6.28. The van der Waals surface area contributed by atoms with Crippen LogP contribution in [0, 0.1) is 17.7 Å². The Kier molecular flexibility index (Phi) is 7.89. The van der Waals surface area contributed by atoms with Gasteiger partial charge >= 0.3 is 0 Å². The van der Waals surface area contributed by atoms with Gasteiger partial charge in [0.15, 0.2) is 0 Å². The Balaban J connectivity index is 1.57. The number of carbonyl (C=O) groups excluding carboxylic acids is 1. The molecule has 0 saturated carbocycles. The molecule has 1 fully saturated rings. The summed E-state index contributed by atoms with van der Waals surface area (Å²) in [7, 11) is 0. The van der Waals surface area contributed by atoms with Crippen molar-refractivity contribution in [3.8, 4) is 0 Å². The summed E-state index contributed by atoms with van der Waals surface area (Å²) in [4.78, 5) is 12.0. The van der Waals surface area contributed by atoms with Crippen molar-refractivity contribution in [2.24, 2.45) is 11.8 Å². The molecule has 0 bridgehead atoms. The number of benzene rings is 1. The number of rotatable bonds is 8. The average molecular weight is 338 g/mol. The molecular weight excluding hydrogens is 311 g/mol. The van der Waals surface area contributed by atoms with E-state index in [1.807, 2.05) is 6.07 Å². The van der Waals surface area contributed by atoms with Crippen molar-refractivity contribution >= 4 is 17.7 Å². The van der Waals surface area contributed by atoms with Gasteiger partial charge in [-0.2, -0.15) is 11.8 Å². The second-order valence-corrected chi connectivity index (χ2v) is 7.39. The highest BCUT2D eigenvalue weighted by molar-refractivity contribution is 7.98. The van der Waals surface area contributed by atoms with Crippen LogP contribution < -0.4 is 10.6 Å². The second kappa shape index (κ2) is 9.93. The maximum atomic E-state index is 13.5. The highest BCUT2D eigenvalue weighted by atomic mass is 32.2. The molecular formula is C18H27FN2OS. The molecule has 0 spiro atoms. The normalized spacial score (nSPS) is 19.3. The lowest BCUT2D eigenvalue weighted by Gasteiger charge is -2.28. The third kappa shape index (κ3) is 6.51. The Bertz CT molecular complexity index is 492. The number of piperidine rings is 1. The highest BCUT2D eigenvalue weighted by Gasteiger charge is 2.21. The van der Waals surface area contributed by atoms with E-state index in [1.54, 1.807) is 23.9 Å². The number of carbonyl (C=O) groups is 1. The molecule has 0 aromatic heterocycles. The first-order valence-corrected chi connectivity index (χ1v) is 9.61. The molecule has 2 rings (SSSR count). The molecule has 1 aromatic carbocycles. The fourth-order valence-electron chi connectivity index (χ4n) is 2.96. The molecule has 0 aliphatic carbocycles. The first-order chi connectivity index (χ1) is 11.2. The van der Waals surface area contributed by atoms with Crippen LogP contribution in [0.4, 0.5) is 4.39 Å². The number of nitrogens with one attached hydrogen (secondary N) is 2. The van der Waals surface area contributed by atoms with E-state index in [1.165, 1.54) is 18.9 Å². The lowest BCUT2D eigenvalue weighted by atomic mass is 9.85. The monoisotopic (exact) mass is 338 g/mol. The topological polar surface area (TPSA) is 41.1 Å². The summed E-state index contributed by atoms with van der Waals surface area (Å²) in [6.07, 6.45) is 3.04.